The molecule has 1 rings (SSSR count). The van der Waals surface area contributed by atoms with Crippen molar-refractivity contribution in [3.05, 3.63) is 30.3 Å². The van der Waals surface area contributed by atoms with Crippen molar-refractivity contribution in [2.24, 2.45) is 0 Å². The van der Waals surface area contributed by atoms with Crippen molar-refractivity contribution >= 4 is 0 Å². The summed E-state index contributed by atoms with van der Waals surface area (Å²) in [4.78, 5) is 0. The molecule has 0 radical (unpaired) electrons. The van der Waals surface area contributed by atoms with Crippen LogP contribution in [0.4, 0.5) is 0 Å². The molecule has 0 aliphatic carbocycles. The minimum atomic E-state index is -0.102. The highest BCUT2D eigenvalue weighted by atomic mass is 16.5. The number of nitrogens with one attached hydrogen (secondary N) is 1. The maximum Gasteiger partial charge on any atom is 0.119 e. The van der Waals surface area contributed by atoms with Gasteiger partial charge in [-0.2, -0.15) is 0 Å². The molecule has 1 atom stereocenters. The highest BCUT2D eigenvalue weighted by Gasteiger charge is 2.21. The normalized spacial score (nSPS) is 14.1. The Balaban J connectivity index is 2.21. The average molecular weight is 265 g/mol. The third-order valence-corrected chi connectivity index (χ3v) is 3.22. The monoisotopic (exact) mass is 265 g/mol. The van der Waals surface area contributed by atoms with Crippen LogP contribution in [0.15, 0.2) is 30.3 Å². The van der Waals surface area contributed by atoms with Gasteiger partial charge in [-0.3, -0.25) is 0 Å². The molecule has 0 heterocycles. The summed E-state index contributed by atoms with van der Waals surface area (Å²) in [6.07, 6.45) is 2.14. The summed E-state index contributed by atoms with van der Waals surface area (Å²) >= 11 is 0. The molecule has 108 valence electrons. The topological polar surface area (TPSA) is 30.5 Å². The molecule has 3 nitrogen and oxygen atoms in total. The number of para-hydroxylation sites is 1. The number of benzene rings is 1. The van der Waals surface area contributed by atoms with Crippen LogP contribution < -0.4 is 10.1 Å². The second-order valence-corrected chi connectivity index (χ2v) is 4.99. The Morgan fingerprint density at radius 2 is 1.84 bits per heavy atom. The molecule has 0 aromatic heterocycles. The first-order chi connectivity index (χ1) is 9.20. The highest BCUT2D eigenvalue weighted by molar-refractivity contribution is 5.20. The largest absolute Gasteiger partial charge is 0.491 e. The van der Waals surface area contributed by atoms with Crippen molar-refractivity contribution in [1.82, 2.24) is 5.32 Å². The number of rotatable bonds is 10. The molecule has 0 aliphatic heterocycles. The average Bonchev–Trinajstić information content (AvgIpc) is 2.45. The summed E-state index contributed by atoms with van der Waals surface area (Å²) in [6.45, 7) is 9.62. The predicted molar refractivity (Wildman–Crippen MR) is 79.7 cm³/mol. The van der Waals surface area contributed by atoms with Crippen LogP contribution in [0.1, 0.15) is 33.6 Å². The number of ether oxygens (including phenoxy) is 2. The first kappa shape index (κ1) is 16.0. The fraction of sp³-hybridized carbons (Fsp3) is 0.625. The number of hydrogen-bond acceptors (Lipinski definition) is 3. The van der Waals surface area contributed by atoms with Crippen LogP contribution in [0.2, 0.25) is 0 Å². The maximum absolute atomic E-state index is 5.96. The molecular formula is C16H27NO2. The van der Waals surface area contributed by atoms with Gasteiger partial charge in [0.1, 0.15) is 12.4 Å². The van der Waals surface area contributed by atoms with E-state index in [-0.39, 0.29) is 5.60 Å². The zero-order valence-electron chi connectivity index (χ0n) is 12.4. The Kier molecular flexibility index (Phi) is 7.53. The van der Waals surface area contributed by atoms with E-state index >= 15 is 0 Å². The number of hydrogen-bond donors (Lipinski definition) is 1. The second kappa shape index (κ2) is 8.94. The van der Waals surface area contributed by atoms with Crippen LogP contribution in [0.3, 0.4) is 0 Å². The van der Waals surface area contributed by atoms with Gasteiger partial charge >= 0.3 is 0 Å². The van der Waals surface area contributed by atoms with Gasteiger partial charge in [-0.05, 0) is 38.4 Å². The molecule has 0 spiro atoms. The van der Waals surface area contributed by atoms with Crippen LogP contribution in [-0.4, -0.2) is 31.9 Å². The van der Waals surface area contributed by atoms with Crippen molar-refractivity contribution in [2.75, 3.05) is 26.3 Å². The molecule has 1 N–H and O–H groups in total. The van der Waals surface area contributed by atoms with Gasteiger partial charge in [-0.15, -0.1) is 0 Å². The van der Waals surface area contributed by atoms with Crippen LogP contribution in [0, 0.1) is 0 Å². The highest BCUT2D eigenvalue weighted by Crippen LogP contribution is 2.14. The van der Waals surface area contributed by atoms with Crippen LogP contribution in [0.5, 0.6) is 5.75 Å². The van der Waals surface area contributed by atoms with E-state index in [0.717, 1.165) is 31.7 Å². The van der Waals surface area contributed by atoms with E-state index in [4.69, 9.17) is 9.47 Å². The third-order valence-electron chi connectivity index (χ3n) is 3.22. The van der Waals surface area contributed by atoms with Gasteiger partial charge in [-0.25, -0.2) is 0 Å². The Labute approximate surface area is 117 Å². The molecule has 1 unspecified atom stereocenters. The molecule has 0 bridgehead atoms. The zero-order valence-corrected chi connectivity index (χ0v) is 12.4. The smallest absolute Gasteiger partial charge is 0.119 e. The van der Waals surface area contributed by atoms with Crippen molar-refractivity contribution in [2.45, 2.75) is 39.2 Å². The Morgan fingerprint density at radius 1 is 1.11 bits per heavy atom. The van der Waals surface area contributed by atoms with Crippen molar-refractivity contribution < 1.29 is 9.47 Å². The Hall–Kier alpha value is -1.06. The van der Waals surface area contributed by atoms with Crippen molar-refractivity contribution in [3.63, 3.8) is 0 Å². The van der Waals surface area contributed by atoms with Crippen molar-refractivity contribution in [1.29, 1.82) is 0 Å². The summed E-state index contributed by atoms with van der Waals surface area (Å²) in [5.41, 5.74) is -0.102. The van der Waals surface area contributed by atoms with E-state index in [9.17, 15) is 0 Å². The van der Waals surface area contributed by atoms with Crippen LogP contribution >= 0.6 is 0 Å². The summed E-state index contributed by atoms with van der Waals surface area (Å²) in [6, 6.07) is 9.85. The molecule has 0 amide bonds. The molecule has 1 aromatic rings. The molecule has 1 aromatic carbocycles. The fourth-order valence-electron chi connectivity index (χ4n) is 1.77. The summed E-state index contributed by atoms with van der Waals surface area (Å²) in [7, 11) is 0. The third kappa shape index (κ3) is 6.60. The van der Waals surface area contributed by atoms with Gasteiger partial charge in [-0.1, -0.05) is 32.0 Å². The minimum absolute atomic E-state index is 0.102. The van der Waals surface area contributed by atoms with Gasteiger partial charge in [0.15, 0.2) is 0 Å². The van der Waals surface area contributed by atoms with E-state index in [0.29, 0.717) is 13.2 Å². The van der Waals surface area contributed by atoms with E-state index in [1.165, 1.54) is 0 Å². The van der Waals surface area contributed by atoms with Crippen molar-refractivity contribution in [3.8, 4) is 5.75 Å². The lowest BCUT2D eigenvalue weighted by Gasteiger charge is -2.29. The molecule has 0 saturated heterocycles. The van der Waals surface area contributed by atoms with E-state index in [1.54, 1.807) is 0 Å². The first-order valence-electron chi connectivity index (χ1n) is 7.22. The maximum atomic E-state index is 5.96. The standard InChI is InChI=1S/C16H27NO2/c1-4-11-17-14-16(3,5-2)19-13-12-18-15-9-7-6-8-10-15/h6-10,17H,4-5,11-14H2,1-3H3. The molecule has 0 saturated carbocycles. The molecule has 19 heavy (non-hydrogen) atoms. The van der Waals surface area contributed by atoms with Gasteiger partial charge in [0.2, 0.25) is 0 Å². The molecule has 3 heteroatoms. The lowest BCUT2D eigenvalue weighted by molar-refractivity contribution is -0.0435. The van der Waals surface area contributed by atoms with Crippen LogP contribution in [-0.2, 0) is 4.74 Å². The lowest BCUT2D eigenvalue weighted by Crippen LogP contribution is -2.41. The molecule has 0 fully saturated rings. The van der Waals surface area contributed by atoms with Gasteiger partial charge < -0.3 is 14.8 Å². The van der Waals surface area contributed by atoms with Crippen LogP contribution in [0.25, 0.3) is 0 Å². The van der Waals surface area contributed by atoms with Gasteiger partial charge in [0.25, 0.3) is 0 Å². The van der Waals surface area contributed by atoms with E-state index in [2.05, 4.69) is 26.1 Å². The molecule has 0 aliphatic rings. The zero-order chi connectivity index (χ0) is 14.0. The molecular weight excluding hydrogens is 238 g/mol. The van der Waals surface area contributed by atoms with E-state index < -0.39 is 0 Å². The first-order valence-corrected chi connectivity index (χ1v) is 7.22. The fourth-order valence-corrected chi connectivity index (χ4v) is 1.77. The van der Waals surface area contributed by atoms with Gasteiger partial charge in [0, 0.05) is 6.54 Å². The lowest BCUT2D eigenvalue weighted by atomic mass is 10.0. The quantitative estimate of drug-likeness (QED) is 0.659. The SMILES string of the molecule is CCCNCC(C)(CC)OCCOc1ccccc1. The summed E-state index contributed by atoms with van der Waals surface area (Å²) < 4.78 is 11.6. The Morgan fingerprint density at radius 3 is 2.47 bits per heavy atom. The van der Waals surface area contributed by atoms with Gasteiger partial charge in [0.05, 0.1) is 12.2 Å². The summed E-state index contributed by atoms with van der Waals surface area (Å²) in [5, 5.41) is 3.42. The minimum Gasteiger partial charge on any atom is -0.491 e. The Bertz CT molecular complexity index is 329. The van der Waals surface area contributed by atoms with E-state index in [1.807, 2.05) is 30.3 Å². The predicted octanol–water partition coefficient (Wildman–Crippen LogP) is 3.25. The summed E-state index contributed by atoms with van der Waals surface area (Å²) in [5.74, 6) is 0.897. The second-order valence-electron chi connectivity index (χ2n) is 4.99.